The molecule has 0 atom stereocenters. The maximum atomic E-state index is 11.1. The van der Waals surface area contributed by atoms with Gasteiger partial charge in [-0.25, -0.2) is 0 Å². The standard InChI is InChI=1S/C15H14N4O5/c1-24-10-14(11-5-3-2-4-6-11)17-16-13-8-7-12(18(20)21)9-15(13)19(22)23/h2-9,16H,10H2,1H3/b17-14+. The lowest BCUT2D eigenvalue weighted by molar-refractivity contribution is -0.393. The molecule has 0 heterocycles. The lowest BCUT2D eigenvalue weighted by atomic mass is 10.1. The van der Waals surface area contributed by atoms with Crippen LogP contribution in [0.15, 0.2) is 53.6 Å². The van der Waals surface area contributed by atoms with E-state index in [1.54, 1.807) is 0 Å². The summed E-state index contributed by atoms with van der Waals surface area (Å²) in [6, 6.07) is 12.5. The Labute approximate surface area is 136 Å². The second kappa shape index (κ2) is 7.79. The summed E-state index contributed by atoms with van der Waals surface area (Å²) in [6.07, 6.45) is 0. The number of nitro groups is 2. The Morgan fingerprint density at radius 3 is 2.42 bits per heavy atom. The molecule has 0 saturated carbocycles. The summed E-state index contributed by atoms with van der Waals surface area (Å²) in [5.41, 5.74) is 3.16. The molecule has 0 spiro atoms. The van der Waals surface area contributed by atoms with Crippen molar-refractivity contribution in [1.29, 1.82) is 0 Å². The third kappa shape index (κ3) is 4.11. The maximum Gasteiger partial charge on any atom is 0.301 e. The first kappa shape index (κ1) is 17.0. The highest BCUT2D eigenvalue weighted by Crippen LogP contribution is 2.29. The Kier molecular flexibility index (Phi) is 5.53. The fourth-order valence-corrected chi connectivity index (χ4v) is 1.95. The van der Waals surface area contributed by atoms with E-state index in [0.717, 1.165) is 11.6 Å². The number of methoxy groups -OCH3 is 1. The van der Waals surface area contributed by atoms with E-state index >= 15 is 0 Å². The molecule has 0 bridgehead atoms. The van der Waals surface area contributed by atoms with E-state index in [-0.39, 0.29) is 18.0 Å². The molecule has 0 saturated heterocycles. The van der Waals surface area contributed by atoms with Crippen LogP contribution in [-0.2, 0) is 4.74 Å². The fraction of sp³-hybridized carbons (Fsp3) is 0.133. The largest absolute Gasteiger partial charge is 0.378 e. The van der Waals surface area contributed by atoms with Crippen molar-refractivity contribution < 1.29 is 14.6 Å². The van der Waals surface area contributed by atoms with Crippen molar-refractivity contribution in [1.82, 2.24) is 0 Å². The summed E-state index contributed by atoms with van der Waals surface area (Å²) >= 11 is 0. The Morgan fingerprint density at radius 2 is 1.83 bits per heavy atom. The Hall–Kier alpha value is -3.33. The van der Waals surface area contributed by atoms with Gasteiger partial charge in [-0.05, 0) is 6.07 Å². The topological polar surface area (TPSA) is 120 Å². The number of nitrogens with one attached hydrogen (secondary N) is 1. The molecular formula is C15H14N4O5. The summed E-state index contributed by atoms with van der Waals surface area (Å²) in [6.45, 7) is 0.192. The Bertz CT molecular complexity index is 777. The van der Waals surface area contributed by atoms with Crippen molar-refractivity contribution >= 4 is 22.8 Å². The molecule has 0 aliphatic heterocycles. The number of ether oxygens (including phenoxy) is 1. The molecule has 2 aromatic carbocycles. The molecule has 0 aromatic heterocycles. The number of benzene rings is 2. The Morgan fingerprint density at radius 1 is 1.12 bits per heavy atom. The van der Waals surface area contributed by atoms with E-state index in [9.17, 15) is 20.2 Å². The van der Waals surface area contributed by atoms with Gasteiger partial charge < -0.3 is 4.74 Å². The van der Waals surface area contributed by atoms with Gasteiger partial charge in [0.05, 0.1) is 28.2 Å². The molecular weight excluding hydrogens is 316 g/mol. The van der Waals surface area contributed by atoms with Gasteiger partial charge in [0.25, 0.3) is 5.69 Å². The first-order valence-electron chi connectivity index (χ1n) is 6.82. The molecule has 0 aliphatic rings. The molecule has 0 fully saturated rings. The van der Waals surface area contributed by atoms with Gasteiger partial charge >= 0.3 is 5.69 Å². The van der Waals surface area contributed by atoms with Gasteiger partial charge in [-0.15, -0.1) is 0 Å². The van der Waals surface area contributed by atoms with Crippen LogP contribution < -0.4 is 5.43 Å². The summed E-state index contributed by atoms with van der Waals surface area (Å²) in [4.78, 5) is 20.4. The van der Waals surface area contributed by atoms with Crippen molar-refractivity contribution in [3.05, 3.63) is 74.3 Å². The molecule has 2 aromatic rings. The SMILES string of the molecule is COC/C(=N\Nc1ccc([N+](=O)[O-])cc1[N+](=O)[O-])c1ccccc1. The van der Waals surface area contributed by atoms with Gasteiger partial charge in [-0.3, -0.25) is 25.7 Å². The summed E-state index contributed by atoms with van der Waals surface area (Å²) in [5.74, 6) is 0. The zero-order chi connectivity index (χ0) is 17.5. The van der Waals surface area contributed by atoms with Crippen LogP contribution >= 0.6 is 0 Å². The van der Waals surface area contributed by atoms with E-state index < -0.39 is 15.5 Å². The number of hydrazone groups is 1. The maximum absolute atomic E-state index is 11.1. The van der Waals surface area contributed by atoms with Crippen LogP contribution in [0.4, 0.5) is 17.1 Å². The molecule has 9 heteroatoms. The van der Waals surface area contributed by atoms with Crippen LogP contribution in [0.5, 0.6) is 0 Å². The first-order valence-corrected chi connectivity index (χ1v) is 6.82. The highest BCUT2D eigenvalue weighted by molar-refractivity contribution is 6.02. The quantitative estimate of drug-likeness (QED) is 0.473. The molecule has 24 heavy (non-hydrogen) atoms. The zero-order valence-electron chi connectivity index (χ0n) is 12.7. The average molecular weight is 330 g/mol. The van der Waals surface area contributed by atoms with Crippen LogP contribution in [-0.4, -0.2) is 29.3 Å². The second-order valence-electron chi connectivity index (χ2n) is 4.69. The second-order valence-corrected chi connectivity index (χ2v) is 4.69. The molecule has 0 radical (unpaired) electrons. The van der Waals surface area contributed by atoms with Crippen molar-refractivity contribution in [2.24, 2.45) is 5.10 Å². The molecule has 1 N–H and O–H groups in total. The predicted molar refractivity (Wildman–Crippen MR) is 88.2 cm³/mol. The number of rotatable bonds is 7. The van der Waals surface area contributed by atoms with Gasteiger partial charge in [0.2, 0.25) is 0 Å². The van der Waals surface area contributed by atoms with Crippen LogP contribution in [0.25, 0.3) is 0 Å². The summed E-state index contributed by atoms with van der Waals surface area (Å²) in [5, 5.41) is 26.0. The molecule has 0 amide bonds. The normalized spacial score (nSPS) is 11.1. The van der Waals surface area contributed by atoms with E-state index in [1.807, 2.05) is 30.3 Å². The average Bonchev–Trinajstić information content (AvgIpc) is 2.59. The molecule has 124 valence electrons. The predicted octanol–water partition coefficient (Wildman–Crippen LogP) is 2.97. The van der Waals surface area contributed by atoms with Gasteiger partial charge in [0, 0.05) is 18.7 Å². The van der Waals surface area contributed by atoms with Crippen molar-refractivity contribution in [3.8, 4) is 0 Å². The zero-order valence-corrected chi connectivity index (χ0v) is 12.7. The van der Waals surface area contributed by atoms with Crippen molar-refractivity contribution in [2.75, 3.05) is 19.1 Å². The van der Waals surface area contributed by atoms with Crippen LogP contribution in [0.1, 0.15) is 5.56 Å². The van der Waals surface area contributed by atoms with E-state index in [1.165, 1.54) is 19.2 Å². The fourth-order valence-electron chi connectivity index (χ4n) is 1.95. The number of non-ortho nitro benzene ring substituents is 1. The number of nitrogens with zero attached hydrogens (tertiary/aromatic N) is 3. The smallest absolute Gasteiger partial charge is 0.301 e. The number of hydrogen-bond acceptors (Lipinski definition) is 7. The molecule has 9 nitrogen and oxygen atoms in total. The Balaban J connectivity index is 2.34. The minimum Gasteiger partial charge on any atom is -0.378 e. The monoisotopic (exact) mass is 330 g/mol. The minimum absolute atomic E-state index is 0.0511. The van der Waals surface area contributed by atoms with Gasteiger partial charge in [0.1, 0.15) is 5.69 Å². The van der Waals surface area contributed by atoms with Gasteiger partial charge in [0.15, 0.2) is 0 Å². The molecule has 0 aliphatic carbocycles. The van der Waals surface area contributed by atoms with E-state index in [4.69, 9.17) is 4.74 Å². The summed E-state index contributed by atoms with van der Waals surface area (Å²) < 4.78 is 5.08. The van der Waals surface area contributed by atoms with Crippen LogP contribution in [0, 0.1) is 20.2 Å². The highest BCUT2D eigenvalue weighted by Gasteiger charge is 2.19. The lowest BCUT2D eigenvalue weighted by Crippen LogP contribution is -2.11. The summed E-state index contributed by atoms with van der Waals surface area (Å²) in [7, 11) is 1.51. The number of nitro benzene ring substituents is 2. The lowest BCUT2D eigenvalue weighted by Gasteiger charge is -2.07. The highest BCUT2D eigenvalue weighted by atomic mass is 16.6. The van der Waals surface area contributed by atoms with Gasteiger partial charge in [-0.1, -0.05) is 30.3 Å². The van der Waals surface area contributed by atoms with Crippen molar-refractivity contribution in [3.63, 3.8) is 0 Å². The minimum atomic E-state index is -0.705. The third-order valence-corrected chi connectivity index (χ3v) is 3.09. The van der Waals surface area contributed by atoms with Crippen LogP contribution in [0.3, 0.4) is 0 Å². The number of hydrogen-bond donors (Lipinski definition) is 1. The van der Waals surface area contributed by atoms with Crippen LogP contribution in [0.2, 0.25) is 0 Å². The first-order chi connectivity index (χ1) is 11.5. The molecule has 0 unspecified atom stereocenters. The van der Waals surface area contributed by atoms with E-state index in [2.05, 4.69) is 10.5 Å². The van der Waals surface area contributed by atoms with Crippen molar-refractivity contribution in [2.45, 2.75) is 0 Å². The third-order valence-electron chi connectivity index (χ3n) is 3.09. The molecule has 2 rings (SSSR count). The van der Waals surface area contributed by atoms with Gasteiger partial charge in [-0.2, -0.15) is 5.10 Å². The van der Waals surface area contributed by atoms with E-state index in [0.29, 0.717) is 5.71 Å². The number of anilines is 1.